The van der Waals surface area contributed by atoms with Crippen molar-refractivity contribution in [2.24, 2.45) is 0 Å². The Labute approximate surface area is 121 Å². The monoisotopic (exact) mass is 292 g/mol. The van der Waals surface area contributed by atoms with E-state index in [2.05, 4.69) is 9.97 Å². The molecule has 0 unspecified atom stereocenters. The predicted octanol–water partition coefficient (Wildman–Crippen LogP) is 2.70. The quantitative estimate of drug-likeness (QED) is 0.492. The van der Waals surface area contributed by atoms with Crippen LogP contribution in [0.15, 0.2) is 30.3 Å². The number of nitrogens with zero attached hydrogens (tertiary/aromatic N) is 4. The van der Waals surface area contributed by atoms with E-state index in [1.165, 1.54) is 12.1 Å². The average Bonchev–Trinajstić information content (AvgIpc) is 2.38. The van der Waals surface area contributed by atoms with Gasteiger partial charge in [-0.25, -0.2) is 9.97 Å². The Morgan fingerprint density at radius 1 is 1.25 bits per heavy atom. The van der Waals surface area contributed by atoms with E-state index < -0.39 is 4.92 Å². The molecule has 1 heterocycles. The summed E-state index contributed by atoms with van der Waals surface area (Å²) in [7, 11) is 3.74. The molecule has 0 atom stereocenters. The average molecular weight is 293 g/mol. The lowest BCUT2D eigenvalue weighted by molar-refractivity contribution is -0.384. The summed E-state index contributed by atoms with van der Waals surface area (Å²) in [5.74, 6) is 1.30. The van der Waals surface area contributed by atoms with Crippen LogP contribution in [-0.2, 0) is 6.42 Å². The van der Waals surface area contributed by atoms with Crippen LogP contribution in [-0.4, -0.2) is 29.0 Å². The molecule has 2 rings (SSSR count). The third-order valence-corrected chi connectivity index (χ3v) is 2.89. The van der Waals surface area contributed by atoms with Gasteiger partial charge in [-0.2, -0.15) is 0 Å². The van der Waals surface area contributed by atoms with Gasteiger partial charge in [-0.1, -0.05) is 23.7 Å². The van der Waals surface area contributed by atoms with Crippen molar-refractivity contribution in [2.75, 3.05) is 19.0 Å². The zero-order valence-corrected chi connectivity index (χ0v) is 11.8. The smallest absolute Gasteiger partial charge is 0.269 e. The number of rotatable bonds is 4. The molecule has 6 nitrogen and oxygen atoms in total. The minimum atomic E-state index is -0.427. The maximum Gasteiger partial charge on any atom is 0.269 e. The Kier molecular flexibility index (Phi) is 4.14. The van der Waals surface area contributed by atoms with Crippen molar-refractivity contribution in [3.8, 4) is 0 Å². The van der Waals surface area contributed by atoms with Gasteiger partial charge >= 0.3 is 0 Å². The Hall–Kier alpha value is -2.21. The number of non-ortho nitro benzene ring substituents is 1. The van der Waals surface area contributed by atoms with Crippen LogP contribution in [0.25, 0.3) is 0 Å². The van der Waals surface area contributed by atoms with Gasteiger partial charge < -0.3 is 4.90 Å². The molecule has 0 saturated carbocycles. The Bertz CT molecular complexity index is 629. The second-order valence-electron chi connectivity index (χ2n) is 4.46. The summed E-state index contributed by atoms with van der Waals surface area (Å²) < 4.78 is 0. The molecular weight excluding hydrogens is 280 g/mol. The number of hydrogen-bond donors (Lipinski definition) is 0. The van der Waals surface area contributed by atoms with Gasteiger partial charge in [0, 0.05) is 38.7 Å². The highest BCUT2D eigenvalue weighted by Crippen LogP contribution is 2.17. The fourth-order valence-electron chi connectivity index (χ4n) is 1.68. The van der Waals surface area contributed by atoms with Crippen LogP contribution >= 0.6 is 11.6 Å². The summed E-state index contributed by atoms with van der Waals surface area (Å²) in [4.78, 5) is 20.6. The molecule has 0 radical (unpaired) electrons. The zero-order valence-electron chi connectivity index (χ0n) is 11.1. The van der Waals surface area contributed by atoms with Crippen LogP contribution in [0.3, 0.4) is 0 Å². The van der Waals surface area contributed by atoms with Gasteiger partial charge in [0.2, 0.25) is 0 Å². The minimum absolute atomic E-state index is 0.0646. The van der Waals surface area contributed by atoms with E-state index in [0.717, 1.165) is 11.4 Å². The highest BCUT2D eigenvalue weighted by molar-refractivity contribution is 6.29. The molecule has 0 aliphatic heterocycles. The van der Waals surface area contributed by atoms with Crippen molar-refractivity contribution in [1.82, 2.24) is 9.97 Å². The van der Waals surface area contributed by atoms with Gasteiger partial charge in [-0.3, -0.25) is 10.1 Å². The van der Waals surface area contributed by atoms with Crippen molar-refractivity contribution in [1.29, 1.82) is 0 Å². The molecule has 0 bridgehead atoms. The molecule has 7 heteroatoms. The van der Waals surface area contributed by atoms with E-state index in [0.29, 0.717) is 17.4 Å². The van der Waals surface area contributed by atoms with Crippen LogP contribution in [0.5, 0.6) is 0 Å². The van der Waals surface area contributed by atoms with Gasteiger partial charge in [0.1, 0.15) is 16.8 Å². The molecule has 0 aliphatic rings. The second-order valence-corrected chi connectivity index (χ2v) is 4.85. The molecule has 0 aliphatic carbocycles. The Morgan fingerprint density at radius 2 is 1.90 bits per heavy atom. The lowest BCUT2D eigenvalue weighted by Gasteiger charge is -2.12. The molecular formula is C13H13ClN4O2. The Morgan fingerprint density at radius 3 is 2.45 bits per heavy atom. The molecule has 104 valence electrons. The fourth-order valence-corrected chi connectivity index (χ4v) is 1.87. The van der Waals surface area contributed by atoms with E-state index in [9.17, 15) is 10.1 Å². The number of anilines is 1. The van der Waals surface area contributed by atoms with Crippen molar-refractivity contribution in [3.05, 3.63) is 57.0 Å². The van der Waals surface area contributed by atoms with E-state index in [4.69, 9.17) is 11.6 Å². The van der Waals surface area contributed by atoms with E-state index in [1.807, 2.05) is 19.0 Å². The fraction of sp³-hybridized carbons (Fsp3) is 0.231. The molecule has 1 aromatic carbocycles. The SMILES string of the molecule is CN(C)c1cc(Cl)nc(Cc2ccc([N+](=O)[O-])cc2)n1. The summed E-state index contributed by atoms with van der Waals surface area (Å²) in [6, 6.07) is 8.00. The first-order chi connectivity index (χ1) is 9.45. The summed E-state index contributed by atoms with van der Waals surface area (Å²) in [5.41, 5.74) is 0.956. The number of hydrogen-bond acceptors (Lipinski definition) is 5. The van der Waals surface area contributed by atoms with Crippen molar-refractivity contribution in [3.63, 3.8) is 0 Å². The van der Waals surface area contributed by atoms with E-state index in [-0.39, 0.29) is 5.69 Å². The number of aromatic nitrogens is 2. The zero-order chi connectivity index (χ0) is 14.7. The van der Waals surface area contributed by atoms with E-state index >= 15 is 0 Å². The number of benzene rings is 1. The van der Waals surface area contributed by atoms with Gasteiger partial charge in [0.25, 0.3) is 5.69 Å². The maximum atomic E-state index is 10.6. The van der Waals surface area contributed by atoms with Crippen molar-refractivity contribution >= 4 is 23.1 Å². The van der Waals surface area contributed by atoms with Gasteiger partial charge in [0.15, 0.2) is 0 Å². The molecule has 0 saturated heterocycles. The first-order valence-corrected chi connectivity index (χ1v) is 6.27. The van der Waals surface area contributed by atoms with Gasteiger partial charge in [-0.05, 0) is 5.56 Å². The normalized spacial score (nSPS) is 10.3. The second kappa shape index (κ2) is 5.83. The third kappa shape index (κ3) is 3.42. The van der Waals surface area contributed by atoms with Gasteiger partial charge in [0.05, 0.1) is 4.92 Å². The molecule has 0 N–H and O–H groups in total. The topological polar surface area (TPSA) is 72.2 Å². The van der Waals surface area contributed by atoms with Crippen molar-refractivity contribution < 1.29 is 4.92 Å². The summed E-state index contributed by atoms with van der Waals surface area (Å²) in [5, 5.41) is 11.0. The number of halogens is 1. The third-order valence-electron chi connectivity index (χ3n) is 2.70. The maximum absolute atomic E-state index is 10.6. The largest absolute Gasteiger partial charge is 0.363 e. The predicted molar refractivity (Wildman–Crippen MR) is 77.3 cm³/mol. The molecule has 1 aromatic heterocycles. The highest BCUT2D eigenvalue weighted by atomic mass is 35.5. The first-order valence-electron chi connectivity index (χ1n) is 5.90. The van der Waals surface area contributed by atoms with Crippen LogP contribution < -0.4 is 4.90 Å². The molecule has 20 heavy (non-hydrogen) atoms. The standard InChI is InChI=1S/C13H13ClN4O2/c1-17(2)13-8-11(14)15-12(16-13)7-9-3-5-10(6-4-9)18(19)20/h3-6,8H,7H2,1-2H3. The lowest BCUT2D eigenvalue weighted by atomic mass is 10.1. The lowest BCUT2D eigenvalue weighted by Crippen LogP contribution is -2.12. The van der Waals surface area contributed by atoms with E-state index in [1.54, 1.807) is 18.2 Å². The minimum Gasteiger partial charge on any atom is -0.363 e. The molecule has 0 spiro atoms. The molecule has 0 amide bonds. The first kappa shape index (κ1) is 14.2. The highest BCUT2D eigenvalue weighted by Gasteiger charge is 2.08. The number of nitro groups is 1. The van der Waals surface area contributed by atoms with Crippen molar-refractivity contribution in [2.45, 2.75) is 6.42 Å². The number of nitro benzene ring substituents is 1. The van der Waals surface area contributed by atoms with Gasteiger partial charge in [-0.15, -0.1) is 0 Å². The Balaban J connectivity index is 2.23. The molecule has 2 aromatic rings. The molecule has 0 fully saturated rings. The summed E-state index contributed by atoms with van der Waals surface area (Å²) in [6.45, 7) is 0. The van der Waals surface area contributed by atoms with Crippen LogP contribution in [0.1, 0.15) is 11.4 Å². The van der Waals surface area contributed by atoms with Crippen LogP contribution in [0.2, 0.25) is 5.15 Å². The summed E-state index contributed by atoms with van der Waals surface area (Å²) in [6.07, 6.45) is 0.472. The van der Waals surface area contributed by atoms with Crippen LogP contribution in [0, 0.1) is 10.1 Å². The van der Waals surface area contributed by atoms with Crippen LogP contribution in [0.4, 0.5) is 11.5 Å². The summed E-state index contributed by atoms with van der Waals surface area (Å²) >= 11 is 5.96.